The van der Waals surface area contributed by atoms with Gasteiger partial charge in [0.15, 0.2) is 6.10 Å². The minimum atomic E-state index is -0.784. The lowest BCUT2D eigenvalue weighted by Crippen LogP contribution is -2.30. The fourth-order valence-electron chi connectivity index (χ4n) is 5.46. The number of unbranched alkanes of at least 4 members (excludes halogenated alkanes) is 15. The quantitative estimate of drug-likeness (QED) is 0.0278. The highest BCUT2D eigenvalue weighted by Crippen LogP contribution is 2.12. The Morgan fingerprint density at radius 3 is 1.14 bits per heavy atom. The van der Waals surface area contributed by atoms with Gasteiger partial charge < -0.3 is 14.2 Å². The molecule has 0 aliphatic heterocycles. The highest BCUT2D eigenvalue weighted by Gasteiger charge is 2.19. The summed E-state index contributed by atoms with van der Waals surface area (Å²) in [5.41, 5.74) is 0. The molecule has 1 atom stereocenters. The zero-order chi connectivity index (χ0) is 37.3. The van der Waals surface area contributed by atoms with Gasteiger partial charge in [0, 0.05) is 19.3 Å². The van der Waals surface area contributed by atoms with E-state index in [0.29, 0.717) is 19.3 Å². The number of allylic oxidation sites excluding steroid dienone is 10. The van der Waals surface area contributed by atoms with Crippen molar-refractivity contribution in [3.05, 3.63) is 60.8 Å². The number of ether oxygens (including phenoxy) is 3. The standard InChI is InChI=1S/C45H76O6/c1-4-7-10-13-16-19-20-21-22-23-24-27-29-32-35-38-44(47)50-41-42(51-45(48)39-36-33-30-26-18-15-12-9-6-3)40-49-43(46)37-34-31-28-25-17-14-11-8-5-2/h7-12,16,19,21-22,42H,4-6,13-15,17-18,20,23-41H2,1-3H3/b10-7-,11-8-,12-9-,19-16-,22-21-. The lowest BCUT2D eigenvalue weighted by atomic mass is 10.1. The Morgan fingerprint density at radius 2 is 0.706 bits per heavy atom. The molecule has 0 aromatic carbocycles. The van der Waals surface area contributed by atoms with Gasteiger partial charge in [-0.2, -0.15) is 0 Å². The van der Waals surface area contributed by atoms with Gasteiger partial charge in [0.2, 0.25) is 0 Å². The summed E-state index contributed by atoms with van der Waals surface area (Å²) in [5.74, 6) is -0.940. The molecule has 0 aliphatic rings. The van der Waals surface area contributed by atoms with E-state index in [9.17, 15) is 14.4 Å². The van der Waals surface area contributed by atoms with Crippen molar-refractivity contribution in [3.8, 4) is 0 Å². The molecule has 0 aromatic rings. The summed E-state index contributed by atoms with van der Waals surface area (Å²) in [6.45, 7) is 6.25. The Bertz CT molecular complexity index is 960. The summed E-state index contributed by atoms with van der Waals surface area (Å²) in [6.07, 6.45) is 46.5. The molecule has 51 heavy (non-hydrogen) atoms. The lowest BCUT2D eigenvalue weighted by Gasteiger charge is -2.18. The van der Waals surface area contributed by atoms with Gasteiger partial charge in [0.1, 0.15) is 13.2 Å². The van der Waals surface area contributed by atoms with Crippen LogP contribution in [0.4, 0.5) is 0 Å². The third kappa shape index (κ3) is 38.2. The Hall–Kier alpha value is -2.89. The van der Waals surface area contributed by atoms with Crippen molar-refractivity contribution in [1.29, 1.82) is 0 Å². The molecule has 0 N–H and O–H groups in total. The molecule has 0 aliphatic carbocycles. The van der Waals surface area contributed by atoms with E-state index in [2.05, 4.69) is 81.5 Å². The third-order valence-corrected chi connectivity index (χ3v) is 8.50. The van der Waals surface area contributed by atoms with E-state index in [-0.39, 0.29) is 31.1 Å². The number of esters is 3. The molecule has 292 valence electrons. The fraction of sp³-hybridized carbons (Fsp3) is 0.711. The first-order valence-corrected chi connectivity index (χ1v) is 20.8. The van der Waals surface area contributed by atoms with Crippen LogP contribution in [0.3, 0.4) is 0 Å². The second-order valence-electron chi connectivity index (χ2n) is 13.5. The summed E-state index contributed by atoms with van der Waals surface area (Å²) in [7, 11) is 0. The Kier molecular flexibility index (Phi) is 37.6. The van der Waals surface area contributed by atoms with Crippen LogP contribution in [0.2, 0.25) is 0 Å². The van der Waals surface area contributed by atoms with Gasteiger partial charge in [0.25, 0.3) is 0 Å². The molecule has 1 unspecified atom stereocenters. The molecule has 6 nitrogen and oxygen atoms in total. The maximum absolute atomic E-state index is 12.6. The zero-order valence-corrected chi connectivity index (χ0v) is 33.1. The normalized spacial score (nSPS) is 12.6. The monoisotopic (exact) mass is 713 g/mol. The van der Waals surface area contributed by atoms with Crippen molar-refractivity contribution >= 4 is 17.9 Å². The smallest absolute Gasteiger partial charge is 0.306 e. The van der Waals surface area contributed by atoms with Crippen LogP contribution in [0, 0.1) is 0 Å². The highest BCUT2D eigenvalue weighted by atomic mass is 16.6. The first-order valence-electron chi connectivity index (χ1n) is 20.8. The van der Waals surface area contributed by atoms with E-state index in [0.717, 1.165) is 135 Å². The van der Waals surface area contributed by atoms with Crippen molar-refractivity contribution in [2.24, 2.45) is 0 Å². The average Bonchev–Trinajstić information content (AvgIpc) is 3.12. The second kappa shape index (κ2) is 39.9. The van der Waals surface area contributed by atoms with E-state index in [1.807, 2.05) is 0 Å². The van der Waals surface area contributed by atoms with E-state index in [1.54, 1.807) is 0 Å². The molecule has 0 bridgehead atoms. The van der Waals surface area contributed by atoms with Crippen molar-refractivity contribution in [1.82, 2.24) is 0 Å². The Labute approximate surface area is 313 Å². The van der Waals surface area contributed by atoms with Crippen LogP contribution in [0.15, 0.2) is 60.8 Å². The SMILES string of the molecule is CC/C=C\C/C=C\C/C=C\CCCCCCCC(=O)OCC(COC(=O)CCCCCCC/C=C\CC)OC(=O)CCCCCCC/C=C\CC. The molecule has 0 radical (unpaired) electrons. The predicted molar refractivity (Wildman–Crippen MR) is 215 cm³/mol. The number of rotatable bonds is 36. The zero-order valence-electron chi connectivity index (χ0n) is 33.1. The Morgan fingerprint density at radius 1 is 0.392 bits per heavy atom. The maximum atomic E-state index is 12.6. The number of carbonyl (C=O) groups is 3. The van der Waals surface area contributed by atoms with E-state index in [1.165, 1.54) is 12.8 Å². The van der Waals surface area contributed by atoms with Gasteiger partial charge in [-0.3, -0.25) is 14.4 Å². The molecule has 0 heterocycles. The Balaban J connectivity index is 4.38. The van der Waals surface area contributed by atoms with Crippen molar-refractivity contribution in [2.45, 2.75) is 194 Å². The number of carbonyl (C=O) groups excluding carboxylic acids is 3. The van der Waals surface area contributed by atoms with Gasteiger partial charge >= 0.3 is 17.9 Å². The molecule has 0 saturated heterocycles. The topological polar surface area (TPSA) is 78.9 Å². The highest BCUT2D eigenvalue weighted by molar-refractivity contribution is 5.71. The van der Waals surface area contributed by atoms with Gasteiger partial charge in [0.05, 0.1) is 0 Å². The molecular formula is C45H76O6. The summed E-state index contributed by atoms with van der Waals surface area (Å²) in [4.78, 5) is 37.5. The molecule has 6 heteroatoms. The molecule has 0 aromatic heterocycles. The van der Waals surface area contributed by atoms with Gasteiger partial charge in [-0.15, -0.1) is 0 Å². The summed E-state index contributed by atoms with van der Waals surface area (Å²) in [6, 6.07) is 0. The molecule has 0 fully saturated rings. The van der Waals surface area contributed by atoms with Gasteiger partial charge in [-0.05, 0) is 89.9 Å². The van der Waals surface area contributed by atoms with Crippen LogP contribution >= 0.6 is 0 Å². The summed E-state index contributed by atoms with van der Waals surface area (Å²) in [5, 5.41) is 0. The van der Waals surface area contributed by atoms with Crippen LogP contribution in [-0.2, 0) is 28.6 Å². The molecule has 0 spiro atoms. The molecule has 0 amide bonds. The van der Waals surface area contributed by atoms with Crippen LogP contribution in [-0.4, -0.2) is 37.2 Å². The lowest BCUT2D eigenvalue weighted by molar-refractivity contribution is -0.167. The first-order chi connectivity index (χ1) is 25.0. The fourth-order valence-corrected chi connectivity index (χ4v) is 5.46. The van der Waals surface area contributed by atoms with E-state index >= 15 is 0 Å². The predicted octanol–water partition coefficient (Wildman–Crippen LogP) is 13.0. The third-order valence-electron chi connectivity index (χ3n) is 8.50. The van der Waals surface area contributed by atoms with Gasteiger partial charge in [-0.1, -0.05) is 139 Å². The minimum absolute atomic E-state index is 0.0894. The molecule has 0 rings (SSSR count). The maximum Gasteiger partial charge on any atom is 0.306 e. The summed E-state index contributed by atoms with van der Waals surface area (Å²) >= 11 is 0. The number of hydrogen-bond acceptors (Lipinski definition) is 6. The van der Waals surface area contributed by atoms with Crippen LogP contribution < -0.4 is 0 Å². The number of hydrogen-bond donors (Lipinski definition) is 0. The second-order valence-corrected chi connectivity index (χ2v) is 13.5. The average molecular weight is 713 g/mol. The van der Waals surface area contributed by atoms with Gasteiger partial charge in [-0.25, -0.2) is 0 Å². The van der Waals surface area contributed by atoms with Crippen LogP contribution in [0.25, 0.3) is 0 Å². The van der Waals surface area contributed by atoms with Crippen molar-refractivity contribution in [2.75, 3.05) is 13.2 Å². The van der Waals surface area contributed by atoms with Crippen molar-refractivity contribution in [3.63, 3.8) is 0 Å². The van der Waals surface area contributed by atoms with Crippen molar-refractivity contribution < 1.29 is 28.6 Å². The van der Waals surface area contributed by atoms with E-state index in [4.69, 9.17) is 14.2 Å². The van der Waals surface area contributed by atoms with Crippen LogP contribution in [0.5, 0.6) is 0 Å². The summed E-state index contributed by atoms with van der Waals surface area (Å²) < 4.78 is 16.6. The first kappa shape index (κ1) is 48.1. The van der Waals surface area contributed by atoms with Crippen LogP contribution in [0.1, 0.15) is 188 Å². The molecular weight excluding hydrogens is 636 g/mol. The molecule has 0 saturated carbocycles. The minimum Gasteiger partial charge on any atom is -0.462 e. The van der Waals surface area contributed by atoms with E-state index < -0.39 is 6.10 Å². The largest absolute Gasteiger partial charge is 0.462 e.